The summed E-state index contributed by atoms with van der Waals surface area (Å²) in [5.74, 6) is 0.454. The summed E-state index contributed by atoms with van der Waals surface area (Å²) in [6.07, 6.45) is 6.68. The Bertz CT molecular complexity index is 583. The van der Waals surface area contributed by atoms with Crippen molar-refractivity contribution in [1.29, 1.82) is 0 Å². The van der Waals surface area contributed by atoms with Crippen LogP contribution in [0.25, 0.3) is 0 Å². The zero-order chi connectivity index (χ0) is 14.9. The van der Waals surface area contributed by atoms with Gasteiger partial charge in [-0.1, -0.05) is 48.5 Å². The van der Waals surface area contributed by atoms with E-state index in [0.29, 0.717) is 6.42 Å². The van der Waals surface area contributed by atoms with Crippen LogP contribution in [-0.4, -0.2) is 10.9 Å². The van der Waals surface area contributed by atoms with Gasteiger partial charge in [0.15, 0.2) is 5.78 Å². The minimum atomic E-state index is 0.171. The monoisotopic (exact) mass is 280 g/mol. The van der Waals surface area contributed by atoms with E-state index in [1.54, 1.807) is 18.2 Å². The first-order chi connectivity index (χ1) is 10.2. The van der Waals surface area contributed by atoms with Gasteiger partial charge < -0.3 is 5.11 Å². The number of phenols is 1. The molecule has 2 nitrogen and oxygen atoms in total. The summed E-state index contributed by atoms with van der Waals surface area (Å²) in [5.41, 5.74) is 2.36. The number of benzene rings is 2. The van der Waals surface area contributed by atoms with Crippen molar-refractivity contribution in [2.24, 2.45) is 0 Å². The van der Waals surface area contributed by atoms with Gasteiger partial charge >= 0.3 is 0 Å². The van der Waals surface area contributed by atoms with E-state index < -0.39 is 0 Å². The Morgan fingerprint density at radius 1 is 0.905 bits per heavy atom. The van der Waals surface area contributed by atoms with Gasteiger partial charge in [0.2, 0.25) is 0 Å². The number of rotatable bonds is 7. The first kappa shape index (κ1) is 15.0. The Morgan fingerprint density at radius 2 is 1.57 bits per heavy atom. The molecule has 0 saturated heterocycles. The maximum atomic E-state index is 11.8. The number of allylic oxidation sites excluding steroid dienone is 2. The highest BCUT2D eigenvalue weighted by Crippen LogP contribution is 2.11. The lowest BCUT2D eigenvalue weighted by Crippen LogP contribution is -1.96. The van der Waals surface area contributed by atoms with E-state index in [1.165, 1.54) is 5.56 Å². The van der Waals surface area contributed by atoms with Gasteiger partial charge in [-0.3, -0.25) is 4.79 Å². The summed E-state index contributed by atoms with van der Waals surface area (Å²) in [6.45, 7) is 0. The van der Waals surface area contributed by atoms with Crippen LogP contribution in [-0.2, 0) is 17.6 Å². The van der Waals surface area contributed by atoms with E-state index in [1.807, 2.05) is 48.5 Å². The molecule has 0 unspecified atom stereocenters. The number of phenolic OH excluding ortho intramolecular Hbond substituents is 1. The largest absolute Gasteiger partial charge is 0.508 e. The predicted octanol–water partition coefficient (Wildman–Crippen LogP) is 4.08. The van der Waals surface area contributed by atoms with Crippen LogP contribution in [0, 0.1) is 0 Å². The number of aryl methyl sites for hydroxylation is 2. The van der Waals surface area contributed by atoms with E-state index in [-0.39, 0.29) is 11.5 Å². The molecule has 0 heterocycles. The van der Waals surface area contributed by atoms with E-state index in [9.17, 15) is 9.90 Å². The zero-order valence-electron chi connectivity index (χ0n) is 12.0. The Kier molecular flexibility index (Phi) is 5.77. The van der Waals surface area contributed by atoms with Crippen LogP contribution in [0.4, 0.5) is 0 Å². The van der Waals surface area contributed by atoms with E-state index in [2.05, 4.69) is 0 Å². The molecule has 2 aromatic carbocycles. The van der Waals surface area contributed by atoms with Gasteiger partial charge in [-0.15, -0.1) is 0 Å². The van der Waals surface area contributed by atoms with Gasteiger partial charge in [-0.25, -0.2) is 0 Å². The quantitative estimate of drug-likeness (QED) is 0.776. The number of carbonyl (C=O) groups excluding carboxylic acids is 1. The first-order valence-electron chi connectivity index (χ1n) is 7.25. The van der Waals surface area contributed by atoms with Crippen molar-refractivity contribution in [1.82, 2.24) is 0 Å². The fraction of sp³-hybridized carbons (Fsp3) is 0.211. The van der Waals surface area contributed by atoms with Crippen molar-refractivity contribution < 1.29 is 9.90 Å². The van der Waals surface area contributed by atoms with Crippen LogP contribution in [0.2, 0.25) is 0 Å². The van der Waals surface area contributed by atoms with Crippen LogP contribution in [0.3, 0.4) is 0 Å². The van der Waals surface area contributed by atoms with E-state index >= 15 is 0 Å². The number of carbonyl (C=O) groups is 1. The molecule has 2 aromatic rings. The number of aromatic hydroxyl groups is 1. The summed E-state index contributed by atoms with van der Waals surface area (Å²) < 4.78 is 0. The predicted molar refractivity (Wildman–Crippen MR) is 85.3 cm³/mol. The van der Waals surface area contributed by atoms with Crippen molar-refractivity contribution in [3.05, 3.63) is 77.9 Å². The van der Waals surface area contributed by atoms with Gasteiger partial charge in [-0.2, -0.15) is 0 Å². The van der Waals surface area contributed by atoms with Crippen LogP contribution in [0.1, 0.15) is 24.0 Å². The Balaban J connectivity index is 1.69. The molecule has 1 N–H and O–H groups in total. The molecule has 0 saturated carbocycles. The molecular formula is C19H20O2. The van der Waals surface area contributed by atoms with E-state index in [0.717, 1.165) is 24.8 Å². The molecule has 0 aromatic heterocycles. The third-order valence-electron chi connectivity index (χ3n) is 3.34. The standard InChI is InChI=1S/C19H20O2/c20-18(13-10-16-6-2-1-3-7-16)9-5-4-8-17-11-14-19(21)15-12-17/h1-3,5-7,9,11-12,14-15,21H,4,8,10,13H2/b9-5+. The van der Waals surface area contributed by atoms with Crippen LogP contribution in [0.15, 0.2) is 66.7 Å². The number of hydrogen-bond donors (Lipinski definition) is 1. The van der Waals surface area contributed by atoms with Crippen LogP contribution in [0.5, 0.6) is 5.75 Å². The molecule has 0 aliphatic carbocycles. The summed E-state index contributed by atoms with van der Waals surface area (Å²) >= 11 is 0. The minimum Gasteiger partial charge on any atom is -0.508 e. The van der Waals surface area contributed by atoms with Crippen molar-refractivity contribution in [2.75, 3.05) is 0 Å². The molecule has 0 aliphatic rings. The normalized spacial score (nSPS) is 10.9. The highest BCUT2D eigenvalue weighted by molar-refractivity contribution is 5.89. The van der Waals surface area contributed by atoms with Gasteiger partial charge in [0.05, 0.1) is 0 Å². The Labute approximate surface area is 125 Å². The average molecular weight is 280 g/mol. The lowest BCUT2D eigenvalue weighted by atomic mass is 10.1. The Morgan fingerprint density at radius 3 is 2.29 bits per heavy atom. The molecule has 0 atom stereocenters. The second kappa shape index (κ2) is 8.05. The van der Waals surface area contributed by atoms with Crippen molar-refractivity contribution >= 4 is 5.78 Å². The molecule has 2 heteroatoms. The second-order valence-electron chi connectivity index (χ2n) is 5.06. The third kappa shape index (κ3) is 5.65. The molecule has 0 bridgehead atoms. The van der Waals surface area contributed by atoms with Gasteiger partial charge in [-0.05, 0) is 48.6 Å². The molecule has 0 aliphatic heterocycles. The summed E-state index contributed by atoms with van der Waals surface area (Å²) in [5, 5.41) is 9.20. The second-order valence-corrected chi connectivity index (χ2v) is 5.06. The van der Waals surface area contributed by atoms with Crippen molar-refractivity contribution in [3.63, 3.8) is 0 Å². The molecule has 108 valence electrons. The van der Waals surface area contributed by atoms with Gasteiger partial charge in [0.1, 0.15) is 5.75 Å². The summed E-state index contributed by atoms with van der Waals surface area (Å²) in [6, 6.07) is 17.2. The highest BCUT2D eigenvalue weighted by atomic mass is 16.3. The fourth-order valence-corrected chi connectivity index (χ4v) is 2.12. The molecule has 21 heavy (non-hydrogen) atoms. The zero-order valence-corrected chi connectivity index (χ0v) is 12.0. The molecule has 0 spiro atoms. The lowest BCUT2D eigenvalue weighted by Gasteiger charge is -1.99. The van der Waals surface area contributed by atoms with Crippen molar-refractivity contribution in [3.8, 4) is 5.75 Å². The SMILES string of the molecule is O=C(/C=C/CCc1ccc(O)cc1)CCc1ccccc1. The molecule has 0 amide bonds. The Hall–Kier alpha value is -2.35. The highest BCUT2D eigenvalue weighted by Gasteiger charge is 1.98. The number of hydrogen-bond acceptors (Lipinski definition) is 2. The number of ketones is 1. The minimum absolute atomic E-state index is 0.171. The summed E-state index contributed by atoms with van der Waals surface area (Å²) in [4.78, 5) is 11.8. The smallest absolute Gasteiger partial charge is 0.155 e. The average Bonchev–Trinajstić information content (AvgIpc) is 2.52. The van der Waals surface area contributed by atoms with E-state index in [4.69, 9.17) is 0 Å². The van der Waals surface area contributed by atoms with Crippen LogP contribution >= 0.6 is 0 Å². The molecule has 2 rings (SSSR count). The fourth-order valence-electron chi connectivity index (χ4n) is 2.12. The molecule has 0 fully saturated rings. The first-order valence-corrected chi connectivity index (χ1v) is 7.25. The van der Waals surface area contributed by atoms with Crippen LogP contribution < -0.4 is 0 Å². The van der Waals surface area contributed by atoms with Gasteiger partial charge in [0, 0.05) is 6.42 Å². The molecule has 0 radical (unpaired) electrons. The lowest BCUT2D eigenvalue weighted by molar-refractivity contribution is -0.114. The summed E-state index contributed by atoms with van der Waals surface area (Å²) in [7, 11) is 0. The van der Waals surface area contributed by atoms with Crippen molar-refractivity contribution in [2.45, 2.75) is 25.7 Å². The maximum Gasteiger partial charge on any atom is 0.155 e. The third-order valence-corrected chi connectivity index (χ3v) is 3.34. The topological polar surface area (TPSA) is 37.3 Å². The van der Waals surface area contributed by atoms with Gasteiger partial charge in [0.25, 0.3) is 0 Å². The maximum absolute atomic E-state index is 11.8. The molecular weight excluding hydrogens is 260 g/mol.